The minimum absolute atomic E-state index is 0.243. The molecule has 0 aliphatic rings. The van der Waals surface area contributed by atoms with Crippen LogP contribution in [0.4, 0.5) is 0 Å². The molecule has 15 heavy (non-hydrogen) atoms. The van der Waals surface area contributed by atoms with Gasteiger partial charge in [0.05, 0.1) is 6.10 Å². The van der Waals surface area contributed by atoms with Gasteiger partial charge in [-0.2, -0.15) is 0 Å². The molecule has 0 fully saturated rings. The lowest BCUT2D eigenvalue weighted by Gasteiger charge is -2.13. The quantitative estimate of drug-likeness (QED) is 0.706. The zero-order chi connectivity index (χ0) is 11.4. The topological polar surface area (TPSA) is 9.23 Å². The van der Waals surface area contributed by atoms with Crippen LogP contribution in [0.2, 0.25) is 0 Å². The van der Waals surface area contributed by atoms with Crippen molar-refractivity contribution in [3.8, 4) is 5.75 Å². The van der Waals surface area contributed by atoms with Crippen LogP contribution in [0.5, 0.6) is 5.75 Å². The van der Waals surface area contributed by atoms with E-state index in [1.165, 1.54) is 10.5 Å². The lowest BCUT2D eigenvalue weighted by Crippen LogP contribution is -2.06. The highest BCUT2D eigenvalue weighted by molar-refractivity contribution is 7.99. The highest BCUT2D eigenvalue weighted by Crippen LogP contribution is 2.28. The number of hydrogen-bond donors (Lipinski definition) is 0. The van der Waals surface area contributed by atoms with Gasteiger partial charge >= 0.3 is 0 Å². The fraction of sp³-hybridized carbons (Fsp3) is 0.538. The van der Waals surface area contributed by atoms with Crippen molar-refractivity contribution in [3.05, 3.63) is 23.8 Å². The molecular weight excluding hydrogens is 204 g/mol. The van der Waals surface area contributed by atoms with E-state index in [0.29, 0.717) is 5.25 Å². The van der Waals surface area contributed by atoms with Crippen LogP contribution in [0.3, 0.4) is 0 Å². The Morgan fingerprint density at radius 3 is 2.27 bits per heavy atom. The molecule has 84 valence electrons. The molecule has 0 aliphatic carbocycles. The summed E-state index contributed by atoms with van der Waals surface area (Å²) in [5.74, 6) is 0.998. The first-order valence-electron chi connectivity index (χ1n) is 5.43. The van der Waals surface area contributed by atoms with E-state index in [0.717, 1.165) is 5.75 Å². The van der Waals surface area contributed by atoms with Gasteiger partial charge in [-0.05, 0) is 44.5 Å². The standard InChI is InChI=1S/C13H20OS/c1-9(2)14-13-7-6-12(8-11(13)5)15-10(3)4/h6-10H,1-5H3. The SMILES string of the molecule is Cc1cc(SC(C)C)ccc1OC(C)C. The number of aryl methyl sites for hydroxylation is 1. The van der Waals surface area contributed by atoms with Gasteiger partial charge in [-0.15, -0.1) is 11.8 Å². The van der Waals surface area contributed by atoms with Gasteiger partial charge < -0.3 is 4.74 Å². The summed E-state index contributed by atoms with van der Waals surface area (Å²) in [7, 11) is 0. The van der Waals surface area contributed by atoms with Crippen molar-refractivity contribution >= 4 is 11.8 Å². The third-order valence-electron chi connectivity index (χ3n) is 1.88. The first-order valence-corrected chi connectivity index (χ1v) is 6.31. The first-order chi connectivity index (χ1) is 6.99. The smallest absolute Gasteiger partial charge is 0.122 e. The molecule has 1 aromatic carbocycles. The summed E-state index contributed by atoms with van der Waals surface area (Å²) >= 11 is 1.88. The summed E-state index contributed by atoms with van der Waals surface area (Å²) in [5, 5.41) is 0.626. The minimum Gasteiger partial charge on any atom is -0.491 e. The Morgan fingerprint density at radius 1 is 1.13 bits per heavy atom. The lowest BCUT2D eigenvalue weighted by molar-refractivity contribution is 0.240. The molecule has 0 saturated heterocycles. The molecule has 2 heteroatoms. The van der Waals surface area contributed by atoms with Crippen molar-refractivity contribution in [2.75, 3.05) is 0 Å². The highest BCUT2D eigenvalue weighted by atomic mass is 32.2. The van der Waals surface area contributed by atoms with E-state index in [-0.39, 0.29) is 6.10 Å². The second-order valence-electron chi connectivity index (χ2n) is 4.26. The average molecular weight is 224 g/mol. The summed E-state index contributed by atoms with van der Waals surface area (Å²) < 4.78 is 5.70. The number of rotatable bonds is 4. The number of ether oxygens (including phenoxy) is 1. The normalized spacial score (nSPS) is 11.1. The Kier molecular flexibility index (Phi) is 4.52. The van der Waals surface area contributed by atoms with Crippen molar-refractivity contribution in [2.45, 2.75) is 50.9 Å². The molecular formula is C13H20OS. The Bertz CT molecular complexity index is 318. The van der Waals surface area contributed by atoms with Crippen LogP contribution in [0, 0.1) is 6.92 Å². The summed E-state index contributed by atoms with van der Waals surface area (Å²) in [6.45, 7) is 10.6. The maximum absolute atomic E-state index is 5.70. The predicted octanol–water partition coefficient (Wildman–Crippen LogP) is 4.28. The second-order valence-corrected chi connectivity index (χ2v) is 5.91. The number of thioether (sulfide) groups is 1. The van der Waals surface area contributed by atoms with Gasteiger partial charge in [0.2, 0.25) is 0 Å². The maximum atomic E-state index is 5.70. The molecule has 0 radical (unpaired) electrons. The molecule has 0 atom stereocenters. The third kappa shape index (κ3) is 4.17. The van der Waals surface area contributed by atoms with Gasteiger partial charge in [0.1, 0.15) is 5.75 Å². The molecule has 0 spiro atoms. The van der Waals surface area contributed by atoms with Gasteiger partial charge in [-0.1, -0.05) is 13.8 Å². The second kappa shape index (κ2) is 5.45. The largest absolute Gasteiger partial charge is 0.491 e. The van der Waals surface area contributed by atoms with Gasteiger partial charge in [0, 0.05) is 10.1 Å². The Balaban J connectivity index is 2.78. The van der Waals surface area contributed by atoms with Gasteiger partial charge in [0.25, 0.3) is 0 Å². The van der Waals surface area contributed by atoms with E-state index in [1.54, 1.807) is 0 Å². The van der Waals surface area contributed by atoms with Crippen molar-refractivity contribution in [1.29, 1.82) is 0 Å². The molecule has 0 aliphatic heterocycles. The molecule has 1 rings (SSSR count). The van der Waals surface area contributed by atoms with E-state index in [2.05, 4.69) is 52.8 Å². The van der Waals surface area contributed by atoms with Crippen LogP contribution in [-0.2, 0) is 0 Å². The van der Waals surface area contributed by atoms with E-state index in [1.807, 2.05) is 11.8 Å². The molecule has 0 amide bonds. The number of hydrogen-bond acceptors (Lipinski definition) is 2. The Labute approximate surface area is 97.2 Å². The fourth-order valence-corrected chi connectivity index (χ4v) is 2.29. The lowest BCUT2D eigenvalue weighted by atomic mass is 10.2. The van der Waals surface area contributed by atoms with Crippen LogP contribution in [0.25, 0.3) is 0 Å². The van der Waals surface area contributed by atoms with Crippen molar-refractivity contribution in [1.82, 2.24) is 0 Å². The fourth-order valence-electron chi connectivity index (χ4n) is 1.35. The minimum atomic E-state index is 0.243. The summed E-state index contributed by atoms with van der Waals surface area (Å²) in [4.78, 5) is 1.32. The monoisotopic (exact) mass is 224 g/mol. The number of benzene rings is 1. The molecule has 0 bridgehead atoms. The average Bonchev–Trinajstić information content (AvgIpc) is 2.08. The first kappa shape index (κ1) is 12.4. The molecule has 0 aromatic heterocycles. The van der Waals surface area contributed by atoms with E-state index in [4.69, 9.17) is 4.74 Å². The molecule has 0 saturated carbocycles. The Morgan fingerprint density at radius 2 is 1.80 bits per heavy atom. The van der Waals surface area contributed by atoms with Gasteiger partial charge in [-0.3, -0.25) is 0 Å². The molecule has 1 nitrogen and oxygen atoms in total. The van der Waals surface area contributed by atoms with E-state index < -0.39 is 0 Å². The molecule has 0 heterocycles. The van der Waals surface area contributed by atoms with Gasteiger partial charge in [0.15, 0.2) is 0 Å². The van der Waals surface area contributed by atoms with Crippen LogP contribution in [0.15, 0.2) is 23.1 Å². The van der Waals surface area contributed by atoms with Crippen molar-refractivity contribution in [3.63, 3.8) is 0 Å². The third-order valence-corrected chi connectivity index (χ3v) is 2.88. The Hall–Kier alpha value is -0.630. The van der Waals surface area contributed by atoms with E-state index in [9.17, 15) is 0 Å². The van der Waals surface area contributed by atoms with Crippen LogP contribution in [0.1, 0.15) is 33.3 Å². The maximum Gasteiger partial charge on any atom is 0.122 e. The van der Waals surface area contributed by atoms with Crippen LogP contribution < -0.4 is 4.74 Å². The van der Waals surface area contributed by atoms with Gasteiger partial charge in [-0.25, -0.2) is 0 Å². The van der Waals surface area contributed by atoms with Crippen LogP contribution >= 0.6 is 11.8 Å². The molecule has 0 N–H and O–H groups in total. The molecule has 1 aromatic rings. The summed E-state index contributed by atoms with van der Waals surface area (Å²) in [5.41, 5.74) is 1.22. The van der Waals surface area contributed by atoms with Crippen molar-refractivity contribution < 1.29 is 4.74 Å². The summed E-state index contributed by atoms with van der Waals surface area (Å²) in [6.07, 6.45) is 0.243. The van der Waals surface area contributed by atoms with E-state index >= 15 is 0 Å². The zero-order valence-electron chi connectivity index (χ0n) is 10.2. The summed E-state index contributed by atoms with van der Waals surface area (Å²) in [6, 6.07) is 6.40. The van der Waals surface area contributed by atoms with Crippen molar-refractivity contribution in [2.24, 2.45) is 0 Å². The predicted molar refractivity (Wildman–Crippen MR) is 67.9 cm³/mol. The zero-order valence-corrected chi connectivity index (χ0v) is 11.0. The highest BCUT2D eigenvalue weighted by Gasteiger charge is 2.04. The molecule has 0 unspecified atom stereocenters. The van der Waals surface area contributed by atoms with Crippen LogP contribution in [-0.4, -0.2) is 11.4 Å².